The average molecular weight is 588 g/mol. The average Bonchev–Trinajstić information content (AvgIpc) is 2.92. The molecule has 0 aromatic heterocycles. The Bertz CT molecular complexity index is 1030. The Morgan fingerprint density at radius 3 is 1.86 bits per heavy atom. The van der Waals surface area contributed by atoms with E-state index in [0.29, 0.717) is 0 Å². The van der Waals surface area contributed by atoms with Gasteiger partial charge in [-0.25, -0.2) is 0 Å². The van der Waals surface area contributed by atoms with Crippen molar-refractivity contribution in [3.63, 3.8) is 0 Å². The molecule has 0 amide bonds. The van der Waals surface area contributed by atoms with E-state index in [9.17, 15) is 0 Å². The lowest BCUT2D eigenvalue weighted by atomic mass is 9.96. The first kappa shape index (κ1) is 26.3. The van der Waals surface area contributed by atoms with Crippen molar-refractivity contribution in [2.45, 2.75) is 46.0 Å². The van der Waals surface area contributed by atoms with E-state index in [1.54, 1.807) is 0 Å². The first-order valence-corrected chi connectivity index (χ1v) is 14.1. The van der Waals surface area contributed by atoms with Gasteiger partial charge in [-0.15, -0.1) is 0 Å². The van der Waals surface area contributed by atoms with Crippen molar-refractivity contribution < 1.29 is 9.47 Å². The molecule has 0 unspecified atom stereocenters. The zero-order chi connectivity index (χ0) is 24.5. The highest BCUT2D eigenvalue weighted by Gasteiger charge is 2.19. The largest absolute Gasteiger partial charge is 0.381 e. The second-order valence-corrected chi connectivity index (χ2v) is 10.4. The van der Waals surface area contributed by atoms with Crippen LogP contribution >= 0.6 is 22.6 Å². The Hall–Kier alpha value is -1.77. The first-order valence-electron chi connectivity index (χ1n) is 13.0. The van der Waals surface area contributed by atoms with Crippen LogP contribution in [0.3, 0.4) is 0 Å². The van der Waals surface area contributed by atoms with Gasteiger partial charge in [0.25, 0.3) is 0 Å². The van der Waals surface area contributed by atoms with Crippen LogP contribution in [0.1, 0.15) is 55.4 Å². The third-order valence-electron chi connectivity index (χ3n) is 6.90. The Morgan fingerprint density at radius 2 is 1.29 bits per heavy atom. The predicted octanol–water partition coefficient (Wildman–Crippen LogP) is 5.73. The number of nitrogens with zero attached hydrogens (tertiary/aromatic N) is 3. The summed E-state index contributed by atoms with van der Waals surface area (Å²) in [5, 5.41) is 0. The molecule has 2 saturated heterocycles. The van der Waals surface area contributed by atoms with E-state index in [2.05, 4.69) is 87.7 Å². The predicted molar refractivity (Wildman–Crippen MR) is 155 cm³/mol. The summed E-state index contributed by atoms with van der Waals surface area (Å²) in [5.74, 6) is 0. The molecule has 0 saturated carbocycles. The monoisotopic (exact) mass is 587 g/mol. The third-order valence-corrected chi connectivity index (χ3v) is 7.91. The van der Waals surface area contributed by atoms with Crippen LogP contribution in [0, 0.1) is 3.57 Å². The molecule has 0 atom stereocenters. The van der Waals surface area contributed by atoms with Crippen molar-refractivity contribution in [1.82, 2.24) is 0 Å². The van der Waals surface area contributed by atoms with E-state index in [1.165, 1.54) is 62.2 Å². The molecule has 0 bridgehead atoms. The summed E-state index contributed by atoms with van der Waals surface area (Å²) in [7, 11) is 0. The number of aliphatic imine (C=N–C) groups is 2. The van der Waals surface area contributed by atoms with E-state index in [-0.39, 0.29) is 0 Å². The molecular weight excluding hydrogens is 549 g/mol. The van der Waals surface area contributed by atoms with Crippen molar-refractivity contribution in [3.8, 4) is 0 Å². The van der Waals surface area contributed by atoms with Gasteiger partial charge in [0.05, 0.1) is 13.2 Å². The minimum atomic E-state index is 0.844. The van der Waals surface area contributed by atoms with Gasteiger partial charge in [0, 0.05) is 65.6 Å². The number of ether oxygens (including phenoxy) is 2. The van der Waals surface area contributed by atoms with Gasteiger partial charge < -0.3 is 14.4 Å². The molecular formula is C29H38IN3O2. The van der Waals surface area contributed by atoms with Crippen LogP contribution in [0.25, 0.3) is 0 Å². The smallest absolute Gasteiger partial charge is 0.0642 e. The molecule has 2 fully saturated rings. The Kier molecular flexibility index (Phi) is 10.2. The van der Waals surface area contributed by atoms with Crippen molar-refractivity contribution in [2.24, 2.45) is 9.98 Å². The Morgan fingerprint density at radius 1 is 0.714 bits per heavy atom. The van der Waals surface area contributed by atoms with E-state index in [0.717, 1.165) is 65.4 Å². The van der Waals surface area contributed by atoms with Crippen LogP contribution in [0.15, 0.2) is 46.4 Å². The molecule has 2 aromatic rings. The Balaban J connectivity index is 0.000000139. The topological polar surface area (TPSA) is 46.4 Å². The van der Waals surface area contributed by atoms with Gasteiger partial charge >= 0.3 is 0 Å². The van der Waals surface area contributed by atoms with Gasteiger partial charge in [0.1, 0.15) is 0 Å². The minimum absolute atomic E-state index is 0.844. The van der Waals surface area contributed by atoms with Crippen molar-refractivity contribution in [2.75, 3.05) is 57.5 Å². The molecule has 0 radical (unpaired) electrons. The van der Waals surface area contributed by atoms with Crippen LogP contribution in [0.2, 0.25) is 0 Å². The number of hydrogen-bond acceptors (Lipinski definition) is 5. The maximum absolute atomic E-state index is 5.42. The highest BCUT2D eigenvalue weighted by molar-refractivity contribution is 14.1. The van der Waals surface area contributed by atoms with Gasteiger partial charge in [-0.3, -0.25) is 9.98 Å². The van der Waals surface area contributed by atoms with E-state index in [1.807, 2.05) is 0 Å². The lowest BCUT2D eigenvalue weighted by Gasteiger charge is -2.32. The molecule has 4 aliphatic rings. The molecule has 5 nitrogen and oxygen atoms in total. The minimum Gasteiger partial charge on any atom is -0.381 e. The second kappa shape index (κ2) is 13.5. The lowest BCUT2D eigenvalue weighted by Crippen LogP contribution is -2.37. The molecule has 188 valence electrons. The maximum atomic E-state index is 5.42. The SMILES string of the molecule is C1CCOCC1.CC1=NCCc2c(I)cccc21.CC1=NCCc2c1cccc2N1CCOCC1. The summed E-state index contributed by atoms with van der Waals surface area (Å²) in [6.07, 6.45) is 6.10. The number of anilines is 1. The standard InChI is InChI=1S/C14H18N2O.C10H10IN.C5H10O/c1-11-12-3-2-4-14(13(12)5-6-15-11)16-7-9-17-10-8-16;1-7-8-3-2-4-10(11)9(8)5-6-12-7;1-2-4-6-5-3-1/h2-4H,5-10H2,1H3;2-4H,5-6H2,1H3;1-5H2. The fourth-order valence-corrected chi connectivity index (χ4v) is 5.72. The Labute approximate surface area is 224 Å². The van der Waals surface area contributed by atoms with Gasteiger partial charge in [0.15, 0.2) is 0 Å². The lowest BCUT2D eigenvalue weighted by molar-refractivity contribution is 0.0968. The molecule has 2 aromatic carbocycles. The molecule has 0 aliphatic carbocycles. The van der Waals surface area contributed by atoms with Crippen molar-refractivity contribution >= 4 is 39.7 Å². The normalized spacial score (nSPS) is 19.0. The van der Waals surface area contributed by atoms with Gasteiger partial charge in [0.2, 0.25) is 0 Å². The van der Waals surface area contributed by atoms with E-state index in [4.69, 9.17) is 9.47 Å². The second-order valence-electron chi connectivity index (χ2n) is 9.28. The zero-order valence-corrected chi connectivity index (χ0v) is 23.4. The summed E-state index contributed by atoms with van der Waals surface area (Å²) in [4.78, 5) is 11.4. The van der Waals surface area contributed by atoms with Crippen LogP contribution in [0.5, 0.6) is 0 Å². The van der Waals surface area contributed by atoms with Crippen LogP contribution in [0.4, 0.5) is 5.69 Å². The molecule has 6 heteroatoms. The highest BCUT2D eigenvalue weighted by atomic mass is 127. The summed E-state index contributed by atoms with van der Waals surface area (Å²) in [5.41, 5.74) is 9.39. The van der Waals surface area contributed by atoms with Crippen LogP contribution in [-0.4, -0.2) is 64.0 Å². The fourth-order valence-electron chi connectivity index (χ4n) is 4.96. The summed E-state index contributed by atoms with van der Waals surface area (Å²) in [6.45, 7) is 11.8. The van der Waals surface area contributed by atoms with Gasteiger partial charge in [-0.05, 0) is 97.4 Å². The van der Waals surface area contributed by atoms with Gasteiger partial charge in [-0.1, -0.05) is 24.3 Å². The molecule has 4 heterocycles. The first-order chi connectivity index (χ1) is 17.1. The number of rotatable bonds is 1. The number of morpholine rings is 1. The highest BCUT2D eigenvalue weighted by Crippen LogP contribution is 2.28. The molecule has 4 aliphatic heterocycles. The van der Waals surface area contributed by atoms with E-state index >= 15 is 0 Å². The van der Waals surface area contributed by atoms with Gasteiger partial charge in [-0.2, -0.15) is 0 Å². The quantitative estimate of drug-likeness (QED) is 0.401. The molecule has 6 rings (SSSR count). The number of fused-ring (bicyclic) bond motifs is 2. The van der Waals surface area contributed by atoms with E-state index < -0.39 is 0 Å². The van der Waals surface area contributed by atoms with Crippen molar-refractivity contribution in [3.05, 3.63) is 62.2 Å². The number of halogens is 1. The third kappa shape index (κ3) is 7.14. The fraction of sp³-hybridized carbons (Fsp3) is 0.517. The summed E-state index contributed by atoms with van der Waals surface area (Å²) < 4.78 is 11.9. The van der Waals surface area contributed by atoms with Crippen LogP contribution < -0.4 is 4.90 Å². The van der Waals surface area contributed by atoms with Crippen molar-refractivity contribution in [1.29, 1.82) is 0 Å². The molecule has 0 N–H and O–H groups in total. The van der Waals surface area contributed by atoms with Crippen LogP contribution in [-0.2, 0) is 22.3 Å². The number of hydrogen-bond donors (Lipinski definition) is 0. The summed E-state index contributed by atoms with van der Waals surface area (Å²) in [6, 6.07) is 13.0. The maximum Gasteiger partial charge on any atom is 0.0642 e. The molecule has 35 heavy (non-hydrogen) atoms. The number of benzene rings is 2. The summed E-state index contributed by atoms with van der Waals surface area (Å²) >= 11 is 2.40. The zero-order valence-electron chi connectivity index (χ0n) is 21.2. The molecule has 0 spiro atoms.